The van der Waals surface area contributed by atoms with E-state index >= 15 is 0 Å². The van der Waals surface area contributed by atoms with E-state index in [-0.39, 0.29) is 23.4 Å². The first-order valence-electron chi connectivity index (χ1n) is 7.95. The fourth-order valence-corrected chi connectivity index (χ4v) is 3.02. The van der Waals surface area contributed by atoms with E-state index < -0.39 is 0 Å². The highest BCUT2D eigenvalue weighted by molar-refractivity contribution is 6.44. The molecule has 0 unspecified atom stereocenters. The number of carbonyl (C=O) groups excluding carboxylic acids is 2. The van der Waals surface area contributed by atoms with Crippen LogP contribution in [0.3, 0.4) is 0 Å². The van der Waals surface area contributed by atoms with Crippen LogP contribution in [0.15, 0.2) is 36.4 Å². The predicted molar refractivity (Wildman–Crippen MR) is 104 cm³/mol. The van der Waals surface area contributed by atoms with E-state index in [2.05, 4.69) is 5.32 Å². The molecule has 4 nitrogen and oxygen atoms in total. The van der Waals surface area contributed by atoms with Gasteiger partial charge in [-0.2, -0.15) is 0 Å². The molecule has 0 fully saturated rings. The summed E-state index contributed by atoms with van der Waals surface area (Å²) >= 11 is 12.1. The number of nitrogens with one attached hydrogen (secondary N) is 1. The van der Waals surface area contributed by atoms with E-state index in [0.717, 1.165) is 23.2 Å². The van der Waals surface area contributed by atoms with Crippen LogP contribution < -0.4 is 10.2 Å². The van der Waals surface area contributed by atoms with Gasteiger partial charge in [0.15, 0.2) is 0 Å². The minimum absolute atomic E-state index is 0.101. The topological polar surface area (TPSA) is 49.4 Å². The number of aryl methyl sites for hydroxylation is 2. The van der Waals surface area contributed by atoms with Crippen LogP contribution in [0.2, 0.25) is 10.0 Å². The molecule has 0 aliphatic heterocycles. The first-order valence-corrected chi connectivity index (χ1v) is 8.71. The van der Waals surface area contributed by atoms with Crippen LogP contribution in [0.5, 0.6) is 0 Å². The third-order valence-electron chi connectivity index (χ3n) is 3.88. The molecule has 2 aromatic carbocycles. The van der Waals surface area contributed by atoms with Crippen molar-refractivity contribution in [1.29, 1.82) is 0 Å². The number of anilines is 2. The van der Waals surface area contributed by atoms with Gasteiger partial charge in [-0.1, -0.05) is 54.4 Å². The van der Waals surface area contributed by atoms with Crippen LogP contribution in [0.4, 0.5) is 11.4 Å². The fraction of sp³-hybridized carbons (Fsp3) is 0.263. The molecule has 0 heterocycles. The van der Waals surface area contributed by atoms with E-state index in [1.54, 1.807) is 18.2 Å². The monoisotopic (exact) mass is 378 g/mol. The first kappa shape index (κ1) is 19.3. The lowest BCUT2D eigenvalue weighted by Gasteiger charge is -2.25. The summed E-state index contributed by atoms with van der Waals surface area (Å²) in [7, 11) is 0. The number of amides is 2. The van der Waals surface area contributed by atoms with E-state index in [0.29, 0.717) is 10.7 Å². The van der Waals surface area contributed by atoms with Gasteiger partial charge in [-0.25, -0.2) is 0 Å². The Hall–Kier alpha value is -2.04. The summed E-state index contributed by atoms with van der Waals surface area (Å²) in [6, 6.07) is 10.8. The van der Waals surface area contributed by atoms with Crippen molar-refractivity contribution in [2.75, 3.05) is 16.8 Å². The number of hydrogen-bond donors (Lipinski definition) is 1. The van der Waals surface area contributed by atoms with Crippen molar-refractivity contribution in [2.24, 2.45) is 0 Å². The summed E-state index contributed by atoms with van der Waals surface area (Å²) < 4.78 is 0. The predicted octanol–water partition coefficient (Wildman–Crippen LogP) is 4.86. The molecular formula is C19H20Cl2N2O2. The molecular weight excluding hydrogens is 359 g/mol. The molecule has 2 aromatic rings. The van der Waals surface area contributed by atoms with Crippen molar-refractivity contribution in [3.63, 3.8) is 0 Å². The lowest BCUT2D eigenvalue weighted by atomic mass is 10.0. The summed E-state index contributed by atoms with van der Waals surface area (Å²) in [5.41, 5.74) is 3.17. The zero-order valence-electron chi connectivity index (χ0n) is 14.4. The Balaban J connectivity index is 2.27. The second-order valence-corrected chi connectivity index (χ2v) is 6.48. The number of benzene rings is 2. The molecule has 132 valence electrons. The van der Waals surface area contributed by atoms with Crippen LogP contribution in [0.25, 0.3) is 0 Å². The van der Waals surface area contributed by atoms with Crippen molar-refractivity contribution in [1.82, 2.24) is 0 Å². The molecule has 0 atom stereocenters. The van der Waals surface area contributed by atoms with Gasteiger partial charge in [0, 0.05) is 6.92 Å². The number of para-hydroxylation sites is 1. The lowest BCUT2D eigenvalue weighted by molar-refractivity contribution is -0.120. The maximum absolute atomic E-state index is 12.5. The molecule has 0 bridgehead atoms. The van der Waals surface area contributed by atoms with Crippen molar-refractivity contribution >= 4 is 46.4 Å². The summed E-state index contributed by atoms with van der Waals surface area (Å²) in [4.78, 5) is 26.1. The van der Waals surface area contributed by atoms with Crippen molar-refractivity contribution < 1.29 is 9.59 Å². The van der Waals surface area contributed by atoms with Gasteiger partial charge in [0.25, 0.3) is 0 Å². The number of hydrogen-bond acceptors (Lipinski definition) is 2. The minimum Gasteiger partial charge on any atom is -0.323 e. The highest BCUT2D eigenvalue weighted by Crippen LogP contribution is 2.30. The average Bonchev–Trinajstić information content (AvgIpc) is 2.57. The Morgan fingerprint density at radius 1 is 1.12 bits per heavy atom. The van der Waals surface area contributed by atoms with E-state index in [4.69, 9.17) is 23.2 Å². The molecule has 2 amide bonds. The molecule has 6 heteroatoms. The van der Waals surface area contributed by atoms with Gasteiger partial charge in [-0.3, -0.25) is 9.59 Å². The Morgan fingerprint density at radius 2 is 1.80 bits per heavy atom. The van der Waals surface area contributed by atoms with E-state index in [1.165, 1.54) is 11.8 Å². The minimum atomic E-state index is -0.343. The SMILES string of the molecule is CCc1cccc(C)c1N(CC(=O)Nc1cccc(Cl)c1Cl)C(C)=O. The van der Waals surface area contributed by atoms with Crippen molar-refractivity contribution in [3.8, 4) is 0 Å². The second-order valence-electron chi connectivity index (χ2n) is 5.69. The van der Waals surface area contributed by atoms with Crippen molar-refractivity contribution in [3.05, 3.63) is 57.6 Å². The maximum Gasteiger partial charge on any atom is 0.244 e. The van der Waals surface area contributed by atoms with Crippen LogP contribution >= 0.6 is 23.2 Å². The molecule has 0 aromatic heterocycles. The average molecular weight is 379 g/mol. The molecule has 1 N–H and O–H groups in total. The Kier molecular flexibility index (Phi) is 6.45. The molecule has 0 radical (unpaired) electrons. The maximum atomic E-state index is 12.5. The van der Waals surface area contributed by atoms with E-state index in [9.17, 15) is 9.59 Å². The smallest absolute Gasteiger partial charge is 0.244 e. The standard InChI is InChI=1S/C19H20Cl2N2O2/c1-4-14-8-5-7-12(2)19(14)23(13(3)24)11-17(25)22-16-10-6-9-15(20)18(16)21/h5-10H,4,11H2,1-3H3,(H,22,25). The Morgan fingerprint density at radius 3 is 2.44 bits per heavy atom. The number of carbonyl (C=O) groups is 2. The second kappa shape index (κ2) is 8.37. The zero-order chi connectivity index (χ0) is 18.6. The number of halogens is 2. The van der Waals surface area contributed by atoms with Crippen molar-refractivity contribution in [2.45, 2.75) is 27.2 Å². The largest absolute Gasteiger partial charge is 0.323 e. The van der Waals surface area contributed by atoms with Gasteiger partial charge >= 0.3 is 0 Å². The summed E-state index contributed by atoms with van der Waals surface area (Å²) in [6.07, 6.45) is 0.766. The summed E-state index contributed by atoms with van der Waals surface area (Å²) in [6.45, 7) is 5.29. The molecule has 0 saturated carbocycles. The molecule has 0 saturated heterocycles. The van der Waals surface area contributed by atoms with Gasteiger partial charge in [0.1, 0.15) is 6.54 Å². The first-order chi connectivity index (χ1) is 11.8. The molecule has 25 heavy (non-hydrogen) atoms. The van der Waals surface area contributed by atoms with Crippen LogP contribution in [0, 0.1) is 6.92 Å². The molecule has 2 rings (SSSR count). The van der Waals surface area contributed by atoms with Gasteiger partial charge in [-0.15, -0.1) is 0 Å². The quantitative estimate of drug-likeness (QED) is 0.807. The third kappa shape index (κ3) is 4.53. The zero-order valence-corrected chi connectivity index (χ0v) is 15.9. The summed E-state index contributed by atoms with van der Waals surface area (Å²) in [5.74, 6) is -0.541. The molecule has 0 spiro atoms. The van der Waals surface area contributed by atoms with Crippen LogP contribution in [-0.4, -0.2) is 18.4 Å². The lowest BCUT2D eigenvalue weighted by Crippen LogP contribution is -2.37. The number of nitrogens with zero attached hydrogens (tertiary/aromatic N) is 1. The third-order valence-corrected chi connectivity index (χ3v) is 4.70. The highest BCUT2D eigenvalue weighted by Gasteiger charge is 2.20. The fourth-order valence-electron chi connectivity index (χ4n) is 2.67. The Labute approximate surface area is 157 Å². The molecule has 0 aliphatic rings. The Bertz CT molecular complexity index is 806. The highest BCUT2D eigenvalue weighted by atomic mass is 35.5. The van der Waals surface area contributed by atoms with Crippen LogP contribution in [-0.2, 0) is 16.0 Å². The van der Waals surface area contributed by atoms with E-state index in [1.807, 2.05) is 32.0 Å². The van der Waals surface area contributed by atoms with Gasteiger partial charge < -0.3 is 10.2 Å². The van der Waals surface area contributed by atoms with Crippen LogP contribution in [0.1, 0.15) is 25.0 Å². The summed E-state index contributed by atoms with van der Waals surface area (Å²) in [5, 5.41) is 3.35. The molecule has 0 aliphatic carbocycles. The van der Waals surface area contributed by atoms with Gasteiger partial charge in [0.05, 0.1) is 21.4 Å². The normalized spacial score (nSPS) is 10.4. The number of rotatable bonds is 5. The van der Waals surface area contributed by atoms with Gasteiger partial charge in [-0.05, 0) is 36.6 Å². The van der Waals surface area contributed by atoms with Gasteiger partial charge in [0.2, 0.25) is 11.8 Å².